The number of para-hydroxylation sites is 1. The van der Waals surface area contributed by atoms with Gasteiger partial charge in [-0.05, 0) is 29.3 Å². The molecule has 1 N–H and O–H groups in total. The Morgan fingerprint density at radius 2 is 1.74 bits per heavy atom. The molecule has 0 amide bonds. The maximum Gasteiger partial charge on any atom is 0.0488 e. The Hall–Kier alpha value is -1.93. The maximum absolute atomic E-state index is 3.55. The van der Waals surface area contributed by atoms with Gasteiger partial charge in [-0.3, -0.25) is 0 Å². The van der Waals surface area contributed by atoms with Crippen molar-refractivity contribution >= 4 is 23.5 Å². The normalized spacial score (nSPS) is 19.8. The minimum atomic E-state index is 1.04. The van der Waals surface area contributed by atoms with Gasteiger partial charge < -0.3 is 5.32 Å². The molecule has 19 heavy (non-hydrogen) atoms. The van der Waals surface area contributed by atoms with Gasteiger partial charge in [0.15, 0.2) is 0 Å². The van der Waals surface area contributed by atoms with E-state index < -0.39 is 0 Å². The first kappa shape index (κ1) is 10.9. The summed E-state index contributed by atoms with van der Waals surface area (Å²) in [7, 11) is 0. The van der Waals surface area contributed by atoms with Crippen LogP contribution in [0.1, 0.15) is 11.1 Å². The molecule has 0 aromatic heterocycles. The Morgan fingerprint density at radius 3 is 2.68 bits per heavy atom. The summed E-state index contributed by atoms with van der Waals surface area (Å²) >= 11 is 1.88. The molecular formula is C17H13NS. The summed E-state index contributed by atoms with van der Waals surface area (Å²) in [5.74, 6) is 0. The van der Waals surface area contributed by atoms with E-state index in [9.17, 15) is 0 Å². The molecule has 2 aromatic rings. The maximum atomic E-state index is 3.55. The molecule has 92 valence electrons. The molecule has 0 saturated carbocycles. The van der Waals surface area contributed by atoms with Crippen LogP contribution in [0.25, 0.3) is 6.08 Å². The fourth-order valence-corrected chi connectivity index (χ4v) is 3.66. The van der Waals surface area contributed by atoms with Crippen LogP contribution in [0.5, 0.6) is 0 Å². The zero-order valence-corrected chi connectivity index (χ0v) is 11.2. The van der Waals surface area contributed by atoms with Crippen molar-refractivity contribution in [2.75, 3.05) is 5.32 Å². The predicted molar refractivity (Wildman–Crippen MR) is 82.1 cm³/mol. The lowest BCUT2D eigenvalue weighted by Gasteiger charge is -2.17. The minimum Gasteiger partial charge on any atom is -0.354 e. The van der Waals surface area contributed by atoms with E-state index in [4.69, 9.17) is 0 Å². The number of hydrogen-bond donors (Lipinski definition) is 1. The van der Waals surface area contributed by atoms with Crippen LogP contribution in [-0.2, 0) is 6.42 Å². The molecular weight excluding hydrogens is 250 g/mol. The largest absolute Gasteiger partial charge is 0.354 e. The third-order valence-corrected chi connectivity index (χ3v) is 4.75. The molecule has 2 aliphatic heterocycles. The lowest BCUT2D eigenvalue weighted by atomic mass is 10.1. The molecule has 0 atom stereocenters. The number of hydrogen-bond acceptors (Lipinski definition) is 2. The van der Waals surface area contributed by atoms with Crippen molar-refractivity contribution in [3.63, 3.8) is 0 Å². The van der Waals surface area contributed by atoms with Gasteiger partial charge in [0, 0.05) is 27.6 Å². The molecule has 4 rings (SSSR count). The molecule has 2 aliphatic rings. The van der Waals surface area contributed by atoms with Crippen molar-refractivity contribution in [3.05, 3.63) is 76.3 Å². The molecule has 0 aliphatic carbocycles. The Kier molecular flexibility index (Phi) is 2.49. The number of anilines is 1. The van der Waals surface area contributed by atoms with E-state index >= 15 is 0 Å². The minimum absolute atomic E-state index is 1.04. The fraction of sp³-hybridized carbons (Fsp3) is 0.0588. The van der Waals surface area contributed by atoms with Crippen LogP contribution >= 0.6 is 11.8 Å². The summed E-state index contributed by atoms with van der Waals surface area (Å²) in [5, 5.41) is 3.55. The van der Waals surface area contributed by atoms with Gasteiger partial charge in [0.05, 0.1) is 0 Å². The van der Waals surface area contributed by atoms with E-state index in [-0.39, 0.29) is 0 Å². The number of thioether (sulfide) groups is 1. The molecule has 2 aromatic carbocycles. The molecule has 2 heterocycles. The summed E-state index contributed by atoms with van der Waals surface area (Å²) in [4.78, 5) is 2.80. The molecule has 0 radical (unpaired) electrons. The second-order valence-corrected chi connectivity index (χ2v) is 5.91. The van der Waals surface area contributed by atoms with E-state index in [0.717, 1.165) is 6.42 Å². The molecule has 0 spiro atoms. The quantitative estimate of drug-likeness (QED) is 0.740. The van der Waals surface area contributed by atoms with Crippen molar-refractivity contribution < 1.29 is 0 Å². The molecule has 1 nitrogen and oxygen atoms in total. The van der Waals surface area contributed by atoms with Crippen molar-refractivity contribution in [2.24, 2.45) is 0 Å². The van der Waals surface area contributed by atoms with Crippen LogP contribution in [0.2, 0.25) is 0 Å². The van der Waals surface area contributed by atoms with E-state index in [0.29, 0.717) is 0 Å². The van der Waals surface area contributed by atoms with Crippen LogP contribution in [0.15, 0.2) is 70.1 Å². The van der Waals surface area contributed by atoms with Gasteiger partial charge in [-0.1, -0.05) is 54.2 Å². The first-order valence-electron chi connectivity index (χ1n) is 6.43. The lowest BCUT2D eigenvalue weighted by molar-refractivity contribution is 1.19. The summed E-state index contributed by atoms with van der Waals surface area (Å²) in [6.07, 6.45) is 5.42. The molecule has 0 unspecified atom stereocenters. The topological polar surface area (TPSA) is 12.0 Å². The Bertz CT molecular complexity index is 686. The third-order valence-electron chi connectivity index (χ3n) is 3.52. The standard InChI is InChI=1S/C17H13NS/c1-3-7-14-12(5-1)9-10-15(18-14)17-11-13-6-2-4-8-16(13)19-17/h1-10,18H,11H2/b17-15+. The van der Waals surface area contributed by atoms with Crippen LogP contribution in [-0.4, -0.2) is 0 Å². The van der Waals surface area contributed by atoms with Gasteiger partial charge in [0.1, 0.15) is 0 Å². The van der Waals surface area contributed by atoms with Crippen molar-refractivity contribution in [1.29, 1.82) is 0 Å². The van der Waals surface area contributed by atoms with Crippen molar-refractivity contribution in [2.45, 2.75) is 11.3 Å². The Labute approximate surface area is 117 Å². The van der Waals surface area contributed by atoms with Crippen LogP contribution in [0.4, 0.5) is 5.69 Å². The Balaban J connectivity index is 1.72. The fourth-order valence-electron chi connectivity index (χ4n) is 2.52. The zero-order valence-electron chi connectivity index (χ0n) is 10.4. The smallest absolute Gasteiger partial charge is 0.0488 e. The van der Waals surface area contributed by atoms with Gasteiger partial charge in [0.2, 0.25) is 0 Å². The highest BCUT2D eigenvalue weighted by molar-refractivity contribution is 8.03. The van der Waals surface area contributed by atoms with Crippen molar-refractivity contribution in [1.82, 2.24) is 0 Å². The predicted octanol–water partition coefficient (Wildman–Crippen LogP) is 4.69. The highest BCUT2D eigenvalue weighted by Gasteiger charge is 2.20. The van der Waals surface area contributed by atoms with Crippen LogP contribution in [0, 0.1) is 0 Å². The van der Waals surface area contributed by atoms with Gasteiger partial charge >= 0.3 is 0 Å². The highest BCUT2D eigenvalue weighted by atomic mass is 32.2. The second kappa shape index (κ2) is 4.32. The third kappa shape index (κ3) is 1.89. The van der Waals surface area contributed by atoms with Gasteiger partial charge in [-0.15, -0.1) is 0 Å². The van der Waals surface area contributed by atoms with Gasteiger partial charge in [0.25, 0.3) is 0 Å². The average molecular weight is 263 g/mol. The first-order chi connectivity index (χ1) is 9.40. The number of benzene rings is 2. The summed E-state index contributed by atoms with van der Waals surface area (Å²) in [6, 6.07) is 17.1. The molecule has 0 saturated heterocycles. The number of allylic oxidation sites excluding steroid dienone is 2. The van der Waals surface area contributed by atoms with E-state index in [1.54, 1.807) is 0 Å². The van der Waals surface area contributed by atoms with Gasteiger partial charge in [-0.2, -0.15) is 0 Å². The number of rotatable bonds is 0. The van der Waals surface area contributed by atoms with E-state index in [1.807, 2.05) is 11.8 Å². The summed E-state index contributed by atoms with van der Waals surface area (Å²) in [5.41, 5.74) is 5.13. The highest BCUT2D eigenvalue weighted by Crippen LogP contribution is 2.42. The van der Waals surface area contributed by atoms with Crippen LogP contribution < -0.4 is 5.32 Å². The van der Waals surface area contributed by atoms with E-state index in [1.165, 1.54) is 32.3 Å². The number of fused-ring (bicyclic) bond motifs is 2. The number of nitrogens with one attached hydrogen (secondary N) is 1. The summed E-state index contributed by atoms with van der Waals surface area (Å²) < 4.78 is 0. The monoisotopic (exact) mass is 263 g/mol. The van der Waals surface area contributed by atoms with Crippen molar-refractivity contribution in [3.8, 4) is 0 Å². The first-order valence-corrected chi connectivity index (χ1v) is 7.25. The SMILES string of the molecule is C1=Cc2ccccc2N/C1=C1\Cc2ccccc2S1. The molecule has 0 bridgehead atoms. The van der Waals surface area contributed by atoms with Gasteiger partial charge in [-0.25, -0.2) is 0 Å². The molecule has 2 heteroatoms. The molecule has 0 fully saturated rings. The lowest BCUT2D eigenvalue weighted by Crippen LogP contribution is -2.05. The average Bonchev–Trinajstić information content (AvgIpc) is 2.90. The van der Waals surface area contributed by atoms with Crippen LogP contribution in [0.3, 0.4) is 0 Å². The Morgan fingerprint density at radius 1 is 0.895 bits per heavy atom. The second-order valence-electron chi connectivity index (χ2n) is 4.77. The van der Waals surface area contributed by atoms with E-state index in [2.05, 4.69) is 66.0 Å². The summed E-state index contributed by atoms with van der Waals surface area (Å²) in [6.45, 7) is 0. The zero-order chi connectivity index (χ0) is 12.7.